The number of ether oxygens (including phenoxy) is 2. The Morgan fingerprint density at radius 3 is 2.58 bits per heavy atom. The summed E-state index contributed by atoms with van der Waals surface area (Å²) in [6.07, 6.45) is 2.17. The van der Waals surface area contributed by atoms with E-state index in [0.29, 0.717) is 18.0 Å². The van der Waals surface area contributed by atoms with Gasteiger partial charge in [0.25, 0.3) is 0 Å². The van der Waals surface area contributed by atoms with Crippen LogP contribution in [0.4, 0.5) is 4.79 Å². The molecule has 1 aliphatic heterocycles. The van der Waals surface area contributed by atoms with Gasteiger partial charge in [-0.15, -0.1) is 0 Å². The molecule has 0 bridgehead atoms. The summed E-state index contributed by atoms with van der Waals surface area (Å²) in [5.74, 6) is 0.860. The Kier molecular flexibility index (Phi) is 9.69. The van der Waals surface area contributed by atoms with Crippen LogP contribution < -0.4 is 22.0 Å². The number of alkyl halides is 2. The second-order valence-corrected chi connectivity index (χ2v) is 26.5. The molecular formula is C24H32I2NO5S-. The van der Waals surface area contributed by atoms with Gasteiger partial charge < -0.3 is 0 Å². The molecule has 0 aromatic heterocycles. The maximum atomic E-state index is 12.3. The predicted molar refractivity (Wildman–Crippen MR) is 135 cm³/mol. The van der Waals surface area contributed by atoms with E-state index in [4.69, 9.17) is 9.47 Å². The summed E-state index contributed by atoms with van der Waals surface area (Å²) in [6, 6.07) is 15.5. The Bertz CT molecular complexity index is 1040. The average molecular weight is 700 g/mol. The zero-order valence-electron chi connectivity index (χ0n) is 19.5. The van der Waals surface area contributed by atoms with Crippen LogP contribution in [0.3, 0.4) is 0 Å². The standard InChI is InChI=1S/C24H32I2NO5S/c1-5-27(24(28)31-18(2)3)17-19-7-6-8-21(15-19)32-22-13-14-26(16-22)25-20-9-11-23(12-10-20)33(4,29)30/h6-12,15,18,22H,5,13-14,16-17H2,1-4H3/q-1/t22-/m0/s1. The number of halogens is 2. The topological polar surface area (TPSA) is 72.9 Å². The van der Waals surface area contributed by atoms with Crippen LogP contribution in [-0.4, -0.2) is 53.3 Å². The van der Waals surface area contributed by atoms with E-state index < -0.39 is 25.7 Å². The molecule has 1 atom stereocenters. The maximum absolute atomic E-state index is 12.3. The third-order valence-corrected chi connectivity index (χ3v) is 23.6. The second-order valence-electron chi connectivity index (χ2n) is 8.15. The fraction of sp³-hybridized carbons (Fsp3) is 0.458. The van der Waals surface area contributed by atoms with Crippen LogP contribution in [0.15, 0.2) is 53.4 Å². The van der Waals surface area contributed by atoms with Gasteiger partial charge in [0, 0.05) is 0 Å². The Hall–Kier alpha value is -1.08. The molecule has 2 aromatic carbocycles. The number of amides is 1. The summed E-state index contributed by atoms with van der Waals surface area (Å²) in [5.41, 5.74) is 1.03. The molecule has 33 heavy (non-hydrogen) atoms. The summed E-state index contributed by atoms with van der Waals surface area (Å²) in [5, 5.41) is 0. The number of nitrogens with zero attached hydrogens (tertiary/aromatic N) is 1. The molecule has 3 rings (SSSR count). The van der Waals surface area contributed by atoms with Crippen LogP contribution in [0.5, 0.6) is 5.75 Å². The van der Waals surface area contributed by atoms with Crippen molar-refractivity contribution in [3.8, 4) is 5.75 Å². The fourth-order valence-electron chi connectivity index (χ4n) is 3.29. The van der Waals surface area contributed by atoms with Crippen LogP contribution in [0, 0.1) is 3.57 Å². The van der Waals surface area contributed by atoms with Crippen LogP contribution in [0.25, 0.3) is 0 Å². The molecule has 1 aliphatic rings. The minimum absolute atomic E-state index is 0.0420. The molecule has 1 heterocycles. The minimum atomic E-state index is -3.14. The summed E-state index contributed by atoms with van der Waals surface area (Å²) < 4.78 is 38.8. The first-order chi connectivity index (χ1) is 15.6. The van der Waals surface area contributed by atoms with Gasteiger partial charge >= 0.3 is 213 Å². The van der Waals surface area contributed by atoms with Crippen molar-refractivity contribution in [1.82, 2.24) is 4.90 Å². The van der Waals surface area contributed by atoms with Crippen molar-refractivity contribution in [1.29, 1.82) is 0 Å². The molecule has 0 radical (unpaired) electrons. The number of carbonyl (C=O) groups is 1. The van der Waals surface area contributed by atoms with E-state index in [2.05, 4.69) is 0 Å². The normalized spacial score (nSPS) is 17.4. The van der Waals surface area contributed by atoms with E-state index in [1.54, 1.807) is 17.0 Å². The van der Waals surface area contributed by atoms with Gasteiger partial charge in [0.05, 0.1) is 0 Å². The molecule has 6 nitrogen and oxygen atoms in total. The third kappa shape index (κ3) is 8.27. The predicted octanol–water partition coefficient (Wildman–Crippen LogP) is 1.99. The molecule has 184 valence electrons. The molecule has 0 aliphatic carbocycles. The molecule has 0 spiro atoms. The average Bonchev–Trinajstić information content (AvgIpc) is 3.18. The zero-order valence-corrected chi connectivity index (χ0v) is 24.6. The zero-order chi connectivity index (χ0) is 24.0. The van der Waals surface area contributed by atoms with Crippen molar-refractivity contribution < 1.29 is 39.9 Å². The van der Waals surface area contributed by atoms with Crippen molar-refractivity contribution in [3.63, 3.8) is 0 Å². The van der Waals surface area contributed by atoms with E-state index in [9.17, 15) is 13.2 Å². The summed E-state index contributed by atoms with van der Waals surface area (Å²) >= 11 is -1.10. The van der Waals surface area contributed by atoms with Crippen LogP contribution in [-0.2, 0) is 21.1 Å². The van der Waals surface area contributed by atoms with Gasteiger partial charge in [-0.3, -0.25) is 0 Å². The summed E-state index contributed by atoms with van der Waals surface area (Å²) in [6.45, 7) is 6.74. The SMILES string of the molecule is CCN(Cc1cccc(O[C@H]2CCI([I-]c3ccc(S(C)(=O)=O)cc3)C2)c1)C(=O)OC(C)C. The first-order valence-electron chi connectivity index (χ1n) is 10.9. The quantitative estimate of drug-likeness (QED) is 0.296. The Morgan fingerprint density at radius 2 is 1.94 bits per heavy atom. The van der Waals surface area contributed by atoms with E-state index in [1.165, 1.54) is 18.7 Å². The van der Waals surface area contributed by atoms with Crippen molar-refractivity contribution in [2.75, 3.05) is 21.7 Å². The van der Waals surface area contributed by atoms with Gasteiger partial charge in [0.2, 0.25) is 0 Å². The number of carbonyl (C=O) groups excluding carboxylic acids is 1. The molecule has 9 heteroatoms. The number of hydrogen-bond acceptors (Lipinski definition) is 5. The van der Waals surface area contributed by atoms with Gasteiger partial charge in [-0.2, -0.15) is 0 Å². The van der Waals surface area contributed by atoms with Crippen molar-refractivity contribution >= 4 is 31.8 Å². The van der Waals surface area contributed by atoms with Gasteiger partial charge in [-0.25, -0.2) is 0 Å². The van der Waals surface area contributed by atoms with Crippen molar-refractivity contribution in [3.05, 3.63) is 57.7 Å². The van der Waals surface area contributed by atoms with E-state index in [1.807, 2.05) is 57.2 Å². The molecule has 1 fully saturated rings. The molecule has 0 N–H and O–H groups in total. The Balaban J connectivity index is 1.54. The second kappa shape index (κ2) is 12.1. The molecular weight excluding hydrogens is 668 g/mol. The van der Waals surface area contributed by atoms with Gasteiger partial charge in [0.15, 0.2) is 0 Å². The number of sulfone groups is 1. The Morgan fingerprint density at radius 1 is 1.21 bits per heavy atom. The fourth-order valence-corrected chi connectivity index (χ4v) is 21.9. The summed E-state index contributed by atoms with van der Waals surface area (Å²) in [4.78, 5) is 14.3. The number of rotatable bonds is 9. The number of hydrogen-bond donors (Lipinski definition) is 0. The first-order valence-corrected chi connectivity index (χ1v) is 23.2. The van der Waals surface area contributed by atoms with Gasteiger partial charge in [-0.1, -0.05) is 0 Å². The van der Waals surface area contributed by atoms with E-state index >= 15 is 0 Å². The first kappa shape index (κ1) is 26.5. The monoisotopic (exact) mass is 700 g/mol. The third-order valence-electron chi connectivity index (χ3n) is 4.95. The summed E-state index contributed by atoms with van der Waals surface area (Å²) in [7, 11) is -3.14. The van der Waals surface area contributed by atoms with Gasteiger partial charge in [-0.05, 0) is 0 Å². The molecule has 1 amide bonds. The van der Waals surface area contributed by atoms with E-state index in [0.717, 1.165) is 17.7 Å². The van der Waals surface area contributed by atoms with E-state index in [-0.39, 0.29) is 35.5 Å². The Labute approximate surface area is 211 Å². The van der Waals surface area contributed by atoms with Gasteiger partial charge in [0.1, 0.15) is 0 Å². The van der Waals surface area contributed by atoms with Crippen LogP contribution in [0.1, 0.15) is 32.8 Å². The number of benzene rings is 2. The molecule has 0 unspecified atom stereocenters. The molecule has 1 saturated heterocycles. The molecule has 0 saturated carbocycles. The van der Waals surface area contributed by atoms with Crippen molar-refractivity contribution in [2.45, 2.75) is 50.8 Å². The van der Waals surface area contributed by atoms with Crippen LogP contribution >= 0.6 is 15.8 Å². The van der Waals surface area contributed by atoms with Crippen molar-refractivity contribution in [2.24, 2.45) is 0 Å². The molecule has 2 aromatic rings. The van der Waals surface area contributed by atoms with Crippen LogP contribution in [0.2, 0.25) is 0 Å².